The van der Waals surface area contributed by atoms with Crippen molar-refractivity contribution in [2.24, 2.45) is 7.05 Å². The molecule has 0 saturated heterocycles. The molecule has 4 aromatic rings. The monoisotopic (exact) mass is 507 g/mol. The Bertz CT molecular complexity index is 1340. The number of aryl methyl sites for hydroxylation is 4. The number of nitrogens with zero attached hydrogens (tertiary/aromatic N) is 4. The van der Waals surface area contributed by atoms with Crippen molar-refractivity contribution in [1.82, 2.24) is 19.7 Å². The summed E-state index contributed by atoms with van der Waals surface area (Å²) < 4.78 is 7.96. The Morgan fingerprint density at radius 2 is 1.83 bits per heavy atom. The number of ether oxygens (including phenoxy) is 1. The van der Waals surface area contributed by atoms with Crippen molar-refractivity contribution < 1.29 is 9.53 Å². The summed E-state index contributed by atoms with van der Waals surface area (Å²) in [6.45, 7) is 10.2. The molecule has 35 heavy (non-hydrogen) atoms. The first-order valence-electron chi connectivity index (χ1n) is 11.3. The highest BCUT2D eigenvalue weighted by molar-refractivity contribution is 7.99. The Morgan fingerprint density at radius 1 is 1.09 bits per heavy atom. The standard InChI is InChI=1S/C26H29N5O2S2/c1-15-9-16(2)11-21(10-15)33-19(5)24-29-30-26(31(24)6)35-14-23(32)28-25-27-22(13-34-25)20-8-7-17(3)18(4)12-20/h7-13,19H,14H2,1-6H3,(H,27,28,32). The number of nitrogens with one attached hydrogen (secondary N) is 1. The SMILES string of the molecule is Cc1cc(C)cc(OC(C)c2nnc(SCC(=O)Nc3nc(-c4ccc(C)c(C)c4)cs3)n2C)c1. The van der Waals surface area contributed by atoms with Crippen molar-refractivity contribution >= 4 is 34.1 Å². The number of hydrogen-bond donors (Lipinski definition) is 1. The molecule has 0 aliphatic rings. The molecule has 1 amide bonds. The van der Waals surface area contributed by atoms with Crippen LogP contribution < -0.4 is 10.1 Å². The Balaban J connectivity index is 1.34. The minimum absolute atomic E-state index is 0.139. The molecule has 0 fully saturated rings. The number of thioether (sulfide) groups is 1. The molecule has 0 aliphatic heterocycles. The molecule has 0 saturated carbocycles. The quantitative estimate of drug-likeness (QED) is 0.293. The van der Waals surface area contributed by atoms with Gasteiger partial charge in [-0.2, -0.15) is 0 Å². The average molecular weight is 508 g/mol. The van der Waals surface area contributed by atoms with Crippen LogP contribution in [0, 0.1) is 27.7 Å². The number of carbonyl (C=O) groups excluding carboxylic acids is 1. The second-order valence-corrected chi connectivity index (χ2v) is 10.5. The summed E-state index contributed by atoms with van der Waals surface area (Å²) in [6.07, 6.45) is -0.281. The fraction of sp³-hybridized carbons (Fsp3) is 0.308. The first-order valence-corrected chi connectivity index (χ1v) is 13.2. The van der Waals surface area contributed by atoms with E-state index in [-0.39, 0.29) is 17.8 Å². The van der Waals surface area contributed by atoms with Gasteiger partial charge in [-0.1, -0.05) is 30.0 Å². The van der Waals surface area contributed by atoms with Crippen LogP contribution in [0.4, 0.5) is 5.13 Å². The van der Waals surface area contributed by atoms with Gasteiger partial charge in [0.05, 0.1) is 11.4 Å². The maximum absolute atomic E-state index is 12.5. The van der Waals surface area contributed by atoms with Gasteiger partial charge in [0.1, 0.15) is 5.75 Å². The molecule has 1 atom stereocenters. The molecule has 4 rings (SSSR count). The molecule has 1 N–H and O–H groups in total. The Morgan fingerprint density at radius 3 is 2.54 bits per heavy atom. The van der Waals surface area contributed by atoms with Crippen LogP contribution in [-0.4, -0.2) is 31.4 Å². The van der Waals surface area contributed by atoms with Gasteiger partial charge in [0.25, 0.3) is 0 Å². The van der Waals surface area contributed by atoms with E-state index in [0.29, 0.717) is 16.1 Å². The van der Waals surface area contributed by atoms with Crippen LogP contribution in [0.15, 0.2) is 46.9 Å². The summed E-state index contributed by atoms with van der Waals surface area (Å²) in [5, 5.41) is 14.6. The minimum Gasteiger partial charge on any atom is -0.483 e. The van der Waals surface area contributed by atoms with Gasteiger partial charge in [-0.15, -0.1) is 21.5 Å². The molecular weight excluding hydrogens is 478 g/mol. The highest BCUT2D eigenvalue weighted by atomic mass is 32.2. The first-order chi connectivity index (χ1) is 16.7. The predicted molar refractivity (Wildman–Crippen MR) is 142 cm³/mol. The van der Waals surface area contributed by atoms with E-state index in [1.54, 1.807) is 0 Å². The zero-order chi connectivity index (χ0) is 25.1. The van der Waals surface area contributed by atoms with Gasteiger partial charge in [-0.3, -0.25) is 4.79 Å². The molecule has 2 aromatic carbocycles. The van der Waals surface area contributed by atoms with Crippen LogP contribution >= 0.6 is 23.1 Å². The van der Waals surface area contributed by atoms with Crippen LogP contribution in [0.2, 0.25) is 0 Å². The largest absolute Gasteiger partial charge is 0.483 e. The lowest BCUT2D eigenvalue weighted by atomic mass is 10.1. The van der Waals surface area contributed by atoms with E-state index in [1.807, 2.05) is 49.9 Å². The smallest absolute Gasteiger partial charge is 0.236 e. The number of amides is 1. The van der Waals surface area contributed by atoms with Gasteiger partial charge in [0.2, 0.25) is 5.91 Å². The van der Waals surface area contributed by atoms with Crippen LogP contribution in [0.3, 0.4) is 0 Å². The lowest BCUT2D eigenvalue weighted by Gasteiger charge is -2.15. The molecule has 0 aliphatic carbocycles. The summed E-state index contributed by atoms with van der Waals surface area (Å²) >= 11 is 2.75. The zero-order valence-corrected chi connectivity index (χ0v) is 22.4. The summed E-state index contributed by atoms with van der Waals surface area (Å²) in [5.74, 6) is 1.57. The topological polar surface area (TPSA) is 81.9 Å². The number of benzene rings is 2. The number of aromatic nitrogens is 4. The number of hydrogen-bond acceptors (Lipinski definition) is 7. The number of rotatable bonds is 8. The predicted octanol–water partition coefficient (Wildman–Crippen LogP) is 6.04. The van der Waals surface area contributed by atoms with E-state index < -0.39 is 0 Å². The zero-order valence-electron chi connectivity index (χ0n) is 20.7. The first kappa shape index (κ1) is 24.9. The van der Waals surface area contributed by atoms with Crippen LogP contribution in [-0.2, 0) is 11.8 Å². The van der Waals surface area contributed by atoms with Gasteiger partial charge < -0.3 is 14.6 Å². The number of carbonyl (C=O) groups is 1. The number of thiazole rings is 1. The Hall–Kier alpha value is -3.17. The Labute approximate surface area is 214 Å². The van der Waals surface area contributed by atoms with E-state index in [0.717, 1.165) is 28.1 Å². The lowest BCUT2D eigenvalue weighted by Crippen LogP contribution is -2.14. The molecule has 1 unspecified atom stereocenters. The molecule has 2 heterocycles. The average Bonchev–Trinajstić information content (AvgIpc) is 3.40. The second-order valence-electron chi connectivity index (χ2n) is 8.66. The van der Waals surface area contributed by atoms with Gasteiger partial charge in [-0.25, -0.2) is 4.98 Å². The minimum atomic E-state index is -0.281. The highest BCUT2D eigenvalue weighted by Crippen LogP contribution is 2.28. The van der Waals surface area contributed by atoms with Crippen molar-refractivity contribution in [3.63, 3.8) is 0 Å². The van der Waals surface area contributed by atoms with Gasteiger partial charge in [0.15, 0.2) is 22.2 Å². The van der Waals surface area contributed by atoms with E-state index in [9.17, 15) is 4.79 Å². The number of anilines is 1. The second kappa shape index (κ2) is 10.6. The summed E-state index contributed by atoms with van der Waals surface area (Å²) in [7, 11) is 1.88. The van der Waals surface area contributed by atoms with Crippen molar-refractivity contribution in [3.8, 4) is 17.0 Å². The van der Waals surface area contributed by atoms with E-state index in [4.69, 9.17) is 4.74 Å². The van der Waals surface area contributed by atoms with Crippen molar-refractivity contribution in [2.75, 3.05) is 11.1 Å². The normalized spacial score (nSPS) is 11.9. The van der Waals surface area contributed by atoms with Crippen molar-refractivity contribution in [2.45, 2.75) is 45.9 Å². The summed E-state index contributed by atoms with van der Waals surface area (Å²) in [5.41, 5.74) is 6.66. The van der Waals surface area contributed by atoms with E-state index >= 15 is 0 Å². The van der Waals surface area contributed by atoms with Gasteiger partial charge in [0, 0.05) is 18.0 Å². The fourth-order valence-electron chi connectivity index (χ4n) is 3.71. The van der Waals surface area contributed by atoms with Crippen molar-refractivity contribution in [1.29, 1.82) is 0 Å². The summed E-state index contributed by atoms with van der Waals surface area (Å²) in [6, 6.07) is 12.4. The van der Waals surface area contributed by atoms with Crippen LogP contribution in [0.1, 0.15) is 41.1 Å². The molecule has 9 heteroatoms. The summed E-state index contributed by atoms with van der Waals surface area (Å²) in [4.78, 5) is 17.1. The Kier molecular flexibility index (Phi) is 7.57. The third-order valence-electron chi connectivity index (χ3n) is 5.63. The maximum Gasteiger partial charge on any atom is 0.236 e. The maximum atomic E-state index is 12.5. The fourth-order valence-corrected chi connectivity index (χ4v) is 5.17. The van der Waals surface area contributed by atoms with Crippen LogP contribution in [0.25, 0.3) is 11.3 Å². The third kappa shape index (κ3) is 6.10. The molecule has 0 spiro atoms. The molecule has 2 aromatic heterocycles. The van der Waals surface area contributed by atoms with Gasteiger partial charge >= 0.3 is 0 Å². The molecule has 0 bridgehead atoms. The third-order valence-corrected chi connectivity index (χ3v) is 7.40. The highest BCUT2D eigenvalue weighted by Gasteiger charge is 2.19. The van der Waals surface area contributed by atoms with Crippen molar-refractivity contribution in [3.05, 3.63) is 69.9 Å². The molecular formula is C26H29N5O2S2. The lowest BCUT2D eigenvalue weighted by molar-refractivity contribution is -0.113. The molecule has 0 radical (unpaired) electrons. The van der Waals surface area contributed by atoms with Gasteiger partial charge in [-0.05, 0) is 75.1 Å². The van der Waals surface area contributed by atoms with Crippen LogP contribution in [0.5, 0.6) is 5.75 Å². The molecule has 182 valence electrons. The van der Waals surface area contributed by atoms with E-state index in [1.165, 1.54) is 34.2 Å². The van der Waals surface area contributed by atoms with E-state index in [2.05, 4.69) is 58.6 Å². The molecule has 7 nitrogen and oxygen atoms in total.